The van der Waals surface area contributed by atoms with E-state index in [4.69, 9.17) is 0 Å². The van der Waals surface area contributed by atoms with E-state index in [1.54, 1.807) is 19.1 Å². The van der Waals surface area contributed by atoms with Gasteiger partial charge in [-0.1, -0.05) is 6.42 Å². The van der Waals surface area contributed by atoms with Crippen molar-refractivity contribution in [1.82, 2.24) is 0 Å². The number of Topliss-reactive ketones (excluding diaryl/α,β-unsaturated/α-hetero) is 1. The molecule has 1 N–H and O–H groups in total. The van der Waals surface area contributed by atoms with Crippen molar-refractivity contribution in [3.05, 3.63) is 29.3 Å². The molecule has 1 saturated carbocycles. The number of nitriles is 1. The first kappa shape index (κ1) is 14.9. The number of hydrogen-bond donors (Lipinski definition) is 1. The Morgan fingerprint density at radius 3 is 2.90 bits per heavy atom. The molecule has 0 aromatic heterocycles. The monoisotopic (exact) mass is 288 g/mol. The SMILES string of the molecule is CSC1CCCC(Nc2cc(C(C)=O)ccc2C#N)C1. The van der Waals surface area contributed by atoms with Crippen LogP contribution in [-0.4, -0.2) is 23.3 Å². The van der Waals surface area contributed by atoms with Crippen LogP contribution >= 0.6 is 11.8 Å². The number of carbonyl (C=O) groups excluding carboxylic acids is 1. The largest absolute Gasteiger partial charge is 0.381 e. The average Bonchev–Trinajstić information content (AvgIpc) is 2.47. The number of rotatable bonds is 4. The summed E-state index contributed by atoms with van der Waals surface area (Å²) in [6, 6.07) is 7.86. The fourth-order valence-electron chi connectivity index (χ4n) is 2.69. The number of benzene rings is 1. The van der Waals surface area contributed by atoms with Gasteiger partial charge in [0.25, 0.3) is 0 Å². The number of hydrogen-bond acceptors (Lipinski definition) is 4. The van der Waals surface area contributed by atoms with E-state index in [9.17, 15) is 10.1 Å². The summed E-state index contributed by atoms with van der Waals surface area (Å²) in [5.41, 5.74) is 2.07. The molecular weight excluding hydrogens is 268 g/mol. The van der Waals surface area contributed by atoms with Crippen LogP contribution in [0.3, 0.4) is 0 Å². The summed E-state index contributed by atoms with van der Waals surface area (Å²) in [5, 5.41) is 13.4. The van der Waals surface area contributed by atoms with Crippen molar-refractivity contribution in [2.45, 2.75) is 43.9 Å². The summed E-state index contributed by atoms with van der Waals surface area (Å²) in [7, 11) is 0. The number of anilines is 1. The molecule has 0 heterocycles. The van der Waals surface area contributed by atoms with Crippen molar-refractivity contribution in [3.8, 4) is 6.07 Å². The number of nitrogens with one attached hydrogen (secondary N) is 1. The van der Waals surface area contributed by atoms with Crippen LogP contribution in [0.2, 0.25) is 0 Å². The van der Waals surface area contributed by atoms with Gasteiger partial charge < -0.3 is 5.32 Å². The van der Waals surface area contributed by atoms with Gasteiger partial charge in [0.1, 0.15) is 6.07 Å². The summed E-state index contributed by atoms with van der Waals surface area (Å²) in [6.07, 6.45) is 6.90. The first-order valence-corrected chi connectivity index (χ1v) is 8.27. The second-order valence-electron chi connectivity index (χ2n) is 5.29. The molecule has 3 nitrogen and oxygen atoms in total. The van der Waals surface area contributed by atoms with Gasteiger partial charge >= 0.3 is 0 Å². The van der Waals surface area contributed by atoms with E-state index in [1.807, 2.05) is 17.8 Å². The Balaban J connectivity index is 2.17. The number of ketones is 1. The predicted molar refractivity (Wildman–Crippen MR) is 84.3 cm³/mol. The van der Waals surface area contributed by atoms with Gasteiger partial charge in [-0.25, -0.2) is 0 Å². The van der Waals surface area contributed by atoms with Gasteiger partial charge in [-0.05, 0) is 50.6 Å². The fourth-order valence-corrected chi connectivity index (χ4v) is 3.52. The van der Waals surface area contributed by atoms with E-state index in [0.717, 1.165) is 18.5 Å². The van der Waals surface area contributed by atoms with Gasteiger partial charge in [0.05, 0.1) is 11.3 Å². The molecule has 4 heteroatoms. The molecule has 0 bridgehead atoms. The molecule has 1 aromatic rings. The minimum absolute atomic E-state index is 0.0307. The van der Waals surface area contributed by atoms with E-state index in [2.05, 4.69) is 17.6 Å². The van der Waals surface area contributed by atoms with Crippen molar-refractivity contribution in [3.63, 3.8) is 0 Å². The molecule has 2 unspecified atom stereocenters. The second kappa shape index (κ2) is 6.81. The van der Waals surface area contributed by atoms with Crippen LogP contribution in [0.15, 0.2) is 18.2 Å². The highest BCUT2D eigenvalue weighted by Crippen LogP contribution is 2.30. The quantitative estimate of drug-likeness (QED) is 0.855. The van der Waals surface area contributed by atoms with Crippen LogP contribution in [0.25, 0.3) is 0 Å². The Hall–Kier alpha value is -1.47. The van der Waals surface area contributed by atoms with Gasteiger partial charge in [-0.3, -0.25) is 4.79 Å². The van der Waals surface area contributed by atoms with E-state index in [0.29, 0.717) is 22.4 Å². The minimum Gasteiger partial charge on any atom is -0.381 e. The number of nitrogens with zero attached hydrogens (tertiary/aromatic N) is 1. The number of carbonyl (C=O) groups is 1. The van der Waals surface area contributed by atoms with Gasteiger partial charge in [-0.2, -0.15) is 17.0 Å². The molecule has 0 radical (unpaired) electrons. The third kappa shape index (κ3) is 3.55. The highest BCUT2D eigenvalue weighted by atomic mass is 32.2. The molecule has 0 aliphatic heterocycles. The zero-order valence-corrected chi connectivity index (χ0v) is 12.8. The predicted octanol–water partition coefficient (Wildman–Crippen LogP) is 3.85. The normalized spacial score (nSPS) is 22.1. The first-order chi connectivity index (χ1) is 9.63. The van der Waals surface area contributed by atoms with Crippen molar-refractivity contribution < 1.29 is 4.79 Å². The Morgan fingerprint density at radius 1 is 1.45 bits per heavy atom. The molecule has 0 saturated heterocycles. The molecule has 0 amide bonds. The Bertz CT molecular complexity index is 536. The summed E-state index contributed by atoms with van der Waals surface area (Å²) in [4.78, 5) is 11.5. The molecule has 1 aliphatic carbocycles. The lowest BCUT2D eigenvalue weighted by molar-refractivity contribution is 0.101. The summed E-state index contributed by atoms with van der Waals surface area (Å²) in [6.45, 7) is 1.55. The number of thioether (sulfide) groups is 1. The summed E-state index contributed by atoms with van der Waals surface area (Å²) < 4.78 is 0. The lowest BCUT2D eigenvalue weighted by Gasteiger charge is -2.29. The van der Waals surface area contributed by atoms with Crippen LogP contribution < -0.4 is 5.32 Å². The van der Waals surface area contributed by atoms with Crippen molar-refractivity contribution in [1.29, 1.82) is 5.26 Å². The van der Waals surface area contributed by atoms with Gasteiger partial charge in [-0.15, -0.1) is 0 Å². The van der Waals surface area contributed by atoms with Crippen molar-refractivity contribution >= 4 is 23.2 Å². The fraction of sp³-hybridized carbons (Fsp3) is 0.500. The average molecular weight is 288 g/mol. The Kier molecular flexibility index (Phi) is 5.08. The molecule has 1 aromatic carbocycles. The molecule has 2 atom stereocenters. The molecule has 1 fully saturated rings. The van der Waals surface area contributed by atoms with Gasteiger partial charge in [0.15, 0.2) is 5.78 Å². The van der Waals surface area contributed by atoms with Gasteiger partial charge in [0, 0.05) is 16.9 Å². The zero-order valence-electron chi connectivity index (χ0n) is 12.0. The highest BCUT2D eigenvalue weighted by molar-refractivity contribution is 7.99. The zero-order chi connectivity index (χ0) is 14.5. The summed E-state index contributed by atoms with van der Waals surface area (Å²) in [5.74, 6) is 0.0307. The van der Waals surface area contributed by atoms with Gasteiger partial charge in [0.2, 0.25) is 0 Å². The molecule has 106 valence electrons. The minimum atomic E-state index is 0.0307. The topological polar surface area (TPSA) is 52.9 Å². The van der Waals surface area contributed by atoms with Crippen molar-refractivity contribution in [2.75, 3.05) is 11.6 Å². The standard InChI is InChI=1S/C16H20N2OS/c1-11(19)12-6-7-13(10-17)16(8-12)18-14-4-3-5-15(9-14)20-2/h6-8,14-15,18H,3-5,9H2,1-2H3. The third-order valence-electron chi connectivity index (χ3n) is 3.87. The van der Waals surface area contributed by atoms with Crippen LogP contribution in [0.1, 0.15) is 48.5 Å². The molecular formula is C16H20N2OS. The van der Waals surface area contributed by atoms with E-state index in [-0.39, 0.29) is 5.78 Å². The second-order valence-corrected chi connectivity index (χ2v) is 6.43. The van der Waals surface area contributed by atoms with Crippen LogP contribution in [0, 0.1) is 11.3 Å². The maximum atomic E-state index is 11.5. The van der Waals surface area contributed by atoms with Crippen LogP contribution in [0.5, 0.6) is 0 Å². The van der Waals surface area contributed by atoms with E-state index in [1.165, 1.54) is 12.8 Å². The molecule has 2 rings (SSSR count). The molecule has 1 aliphatic rings. The van der Waals surface area contributed by atoms with Crippen molar-refractivity contribution in [2.24, 2.45) is 0 Å². The lowest BCUT2D eigenvalue weighted by atomic mass is 9.94. The Morgan fingerprint density at radius 2 is 2.25 bits per heavy atom. The smallest absolute Gasteiger partial charge is 0.159 e. The molecule has 20 heavy (non-hydrogen) atoms. The maximum absolute atomic E-state index is 11.5. The lowest BCUT2D eigenvalue weighted by Crippen LogP contribution is -2.28. The highest BCUT2D eigenvalue weighted by Gasteiger charge is 2.22. The van der Waals surface area contributed by atoms with Crippen LogP contribution in [0.4, 0.5) is 5.69 Å². The maximum Gasteiger partial charge on any atom is 0.159 e. The van der Waals surface area contributed by atoms with E-state index < -0.39 is 0 Å². The third-order valence-corrected chi connectivity index (χ3v) is 4.96. The Labute approximate surface area is 124 Å². The molecule has 0 spiro atoms. The summed E-state index contributed by atoms with van der Waals surface area (Å²) >= 11 is 1.92. The van der Waals surface area contributed by atoms with Crippen LogP contribution in [-0.2, 0) is 0 Å². The van der Waals surface area contributed by atoms with E-state index >= 15 is 0 Å². The first-order valence-electron chi connectivity index (χ1n) is 6.98.